The van der Waals surface area contributed by atoms with E-state index in [0.717, 1.165) is 95.9 Å². The van der Waals surface area contributed by atoms with Crippen molar-refractivity contribution in [3.63, 3.8) is 0 Å². The zero-order chi connectivity index (χ0) is 44.7. The highest BCUT2D eigenvalue weighted by Gasteiger charge is 2.36. The van der Waals surface area contributed by atoms with E-state index in [0.29, 0.717) is 66.2 Å². The van der Waals surface area contributed by atoms with E-state index in [4.69, 9.17) is 20.0 Å². The lowest BCUT2D eigenvalue weighted by molar-refractivity contribution is -0.137. The number of hydrogen-bond acceptors (Lipinski definition) is 14. The van der Waals surface area contributed by atoms with Crippen LogP contribution in [0.2, 0.25) is 0 Å². The second-order valence-corrected chi connectivity index (χ2v) is 18.3. The van der Waals surface area contributed by atoms with Gasteiger partial charge in [0.25, 0.3) is 11.9 Å². The van der Waals surface area contributed by atoms with E-state index >= 15 is 0 Å². The van der Waals surface area contributed by atoms with Crippen LogP contribution in [0.15, 0.2) is 89.7 Å². The Kier molecular flexibility index (Phi) is 11.3. The van der Waals surface area contributed by atoms with Crippen molar-refractivity contribution in [3.8, 4) is 22.8 Å². The Labute approximate surface area is 382 Å². The number of hydrogen-bond donors (Lipinski definition) is 2. The van der Waals surface area contributed by atoms with Gasteiger partial charge in [0.1, 0.15) is 29.3 Å². The average molecular weight is 891 g/mol. The summed E-state index contributed by atoms with van der Waals surface area (Å²) in [5.41, 5.74) is 12.4. The number of ether oxygens (including phenoxy) is 1. The first-order chi connectivity index (χ1) is 32.3. The van der Waals surface area contributed by atoms with Crippen LogP contribution in [0, 0.1) is 5.92 Å². The minimum Gasteiger partial charge on any atom is -0.457 e. The second kappa shape index (κ2) is 17.9. The van der Waals surface area contributed by atoms with E-state index in [1.807, 2.05) is 64.2 Å². The van der Waals surface area contributed by atoms with Crippen LogP contribution in [-0.2, 0) is 22.7 Å². The summed E-state index contributed by atoms with van der Waals surface area (Å²) >= 11 is 0. The Bertz CT molecular complexity index is 2740. The molecular weight excluding hydrogens is 837 g/mol. The smallest absolute Gasteiger partial charge is 0.297 e. The molecule has 0 spiro atoms. The van der Waals surface area contributed by atoms with Crippen LogP contribution in [0.1, 0.15) is 66.2 Å². The summed E-state index contributed by atoms with van der Waals surface area (Å²) in [6, 6.07) is 24.2. The van der Waals surface area contributed by atoms with Crippen LogP contribution < -0.4 is 25.6 Å². The molecule has 4 saturated heterocycles. The summed E-state index contributed by atoms with van der Waals surface area (Å²) in [7, 11) is 0. The van der Waals surface area contributed by atoms with Crippen LogP contribution in [0.5, 0.6) is 11.5 Å². The number of piperidine rings is 3. The third kappa shape index (κ3) is 8.44. The number of anilines is 3. The van der Waals surface area contributed by atoms with Crippen molar-refractivity contribution in [2.75, 3.05) is 74.4 Å². The van der Waals surface area contributed by atoms with Gasteiger partial charge in [0.15, 0.2) is 5.65 Å². The largest absolute Gasteiger partial charge is 0.457 e. The van der Waals surface area contributed by atoms with Gasteiger partial charge in [-0.05, 0) is 97.7 Å². The lowest BCUT2D eigenvalue weighted by atomic mass is 9.96. The van der Waals surface area contributed by atoms with Gasteiger partial charge in [0.2, 0.25) is 17.6 Å². The minimum absolute atomic E-state index is 0.127. The molecule has 5 aliphatic rings. The van der Waals surface area contributed by atoms with Gasteiger partial charge < -0.3 is 29.6 Å². The zero-order valence-electron chi connectivity index (χ0n) is 36.9. The summed E-state index contributed by atoms with van der Waals surface area (Å²) in [4.78, 5) is 62.9. The van der Waals surface area contributed by atoms with Crippen LogP contribution in [-0.4, -0.2) is 122 Å². The highest BCUT2D eigenvalue weighted by Crippen LogP contribution is 2.36. The van der Waals surface area contributed by atoms with E-state index in [1.165, 1.54) is 23.1 Å². The second-order valence-electron chi connectivity index (χ2n) is 18.3. The van der Waals surface area contributed by atoms with Crippen molar-refractivity contribution in [2.45, 2.75) is 63.7 Å². The number of nitrogens with one attached hydrogen (secondary N) is 1. The molecule has 11 rings (SSSR count). The van der Waals surface area contributed by atoms with Crippen LogP contribution >= 0.6 is 0 Å². The maximum Gasteiger partial charge on any atom is 0.297 e. The van der Waals surface area contributed by atoms with Crippen molar-refractivity contribution in [1.29, 1.82) is 0 Å². The summed E-state index contributed by atoms with van der Waals surface area (Å²) in [6.07, 6.45) is 7.71. The molecule has 8 heterocycles. The number of oxazole rings is 1. The first-order valence-electron chi connectivity index (χ1n) is 23.3. The van der Waals surface area contributed by atoms with Crippen LogP contribution in [0.4, 0.5) is 17.5 Å². The van der Waals surface area contributed by atoms with E-state index in [9.17, 15) is 14.4 Å². The zero-order valence-corrected chi connectivity index (χ0v) is 36.9. The first-order valence-corrected chi connectivity index (χ1v) is 23.3. The van der Waals surface area contributed by atoms with E-state index < -0.39 is 0 Å². The van der Waals surface area contributed by atoms with Gasteiger partial charge >= 0.3 is 0 Å². The number of nitrogens with two attached hydrogens (primary N) is 1. The molecule has 17 nitrogen and oxygen atoms in total. The molecule has 0 radical (unpaired) electrons. The Morgan fingerprint density at radius 2 is 1.61 bits per heavy atom. The average Bonchev–Trinajstić information content (AvgIpc) is 4.11. The normalized spacial score (nSPS) is 21.1. The fraction of sp³-hybridized carbons (Fsp3) is 0.408. The summed E-state index contributed by atoms with van der Waals surface area (Å²) in [5, 5.41) is 8.25. The van der Waals surface area contributed by atoms with Gasteiger partial charge in [0, 0.05) is 89.7 Å². The number of rotatable bonds is 10. The molecule has 3 N–H and O–H groups in total. The maximum atomic E-state index is 14.0. The van der Waals surface area contributed by atoms with Gasteiger partial charge in [-0.15, -0.1) is 0 Å². The predicted molar refractivity (Wildman–Crippen MR) is 248 cm³/mol. The number of nitrogen functional groups attached to an aromatic ring is 1. The Morgan fingerprint density at radius 1 is 0.818 bits per heavy atom. The van der Waals surface area contributed by atoms with Crippen molar-refractivity contribution < 1.29 is 23.5 Å². The first kappa shape index (κ1) is 41.8. The number of aromatic nitrogens is 5. The maximum absolute atomic E-state index is 14.0. The Hall–Kier alpha value is -6.85. The number of nitrogens with zero attached hydrogens (tertiary/aromatic N) is 10. The number of carbonyl (C=O) groups is 3. The molecule has 4 fully saturated rings. The number of piperazine rings is 1. The van der Waals surface area contributed by atoms with Crippen LogP contribution in [0.3, 0.4) is 0 Å². The number of imide groups is 1. The molecular formula is C49H54N12O5. The molecule has 6 aromatic rings. The lowest BCUT2D eigenvalue weighted by Gasteiger charge is -2.39. The van der Waals surface area contributed by atoms with Crippen molar-refractivity contribution in [2.24, 2.45) is 5.92 Å². The fourth-order valence-corrected chi connectivity index (χ4v) is 10.5. The fourth-order valence-electron chi connectivity index (χ4n) is 10.5. The molecule has 3 amide bonds. The highest BCUT2D eigenvalue weighted by atomic mass is 16.5. The van der Waals surface area contributed by atoms with Gasteiger partial charge in [-0.2, -0.15) is 5.10 Å². The topological polar surface area (TPSA) is 184 Å². The van der Waals surface area contributed by atoms with E-state index in [2.05, 4.69) is 58.1 Å². The molecule has 1 unspecified atom stereocenters. The quantitative estimate of drug-likeness (QED) is 0.165. The van der Waals surface area contributed by atoms with E-state index in [-0.39, 0.29) is 35.6 Å². The summed E-state index contributed by atoms with van der Waals surface area (Å²) in [6.45, 7) is 9.24. The Morgan fingerprint density at radius 3 is 2.41 bits per heavy atom. The monoisotopic (exact) mass is 890 g/mol. The van der Waals surface area contributed by atoms with Crippen molar-refractivity contribution in [1.82, 2.24) is 44.7 Å². The number of likely N-dealkylation sites (tertiary alicyclic amines) is 1. The van der Waals surface area contributed by atoms with Crippen LogP contribution in [0.25, 0.3) is 22.3 Å². The Balaban J connectivity index is 0.669. The van der Waals surface area contributed by atoms with Gasteiger partial charge in [-0.25, -0.2) is 19.6 Å². The molecule has 5 aliphatic heterocycles. The molecule has 3 aromatic heterocycles. The molecule has 3 aromatic carbocycles. The van der Waals surface area contributed by atoms with E-state index in [1.54, 1.807) is 6.20 Å². The SMILES string of the molecule is Nc1ncnc2c1c(-c1ccc(Oc3ccccc3)cc1)nn2[C@@H]1CCCN(C(=O)c2cnc(N3CCC(CN4CCN(c5ccc6c(c5)CN(C5CCC(=O)NC5=O)C6)CC4)CC3)o2)C1. The molecule has 340 valence electrons. The minimum atomic E-state index is -0.243. The molecule has 17 heteroatoms. The summed E-state index contributed by atoms with van der Waals surface area (Å²) < 4.78 is 14.1. The third-order valence-corrected chi connectivity index (χ3v) is 14.1. The number of carbonyl (C=O) groups excluding carboxylic acids is 3. The van der Waals surface area contributed by atoms with Gasteiger partial charge in [0.05, 0.1) is 23.7 Å². The lowest BCUT2D eigenvalue weighted by Crippen LogP contribution is -2.50. The van der Waals surface area contributed by atoms with Crippen molar-refractivity contribution in [3.05, 3.63) is 102 Å². The standard InChI is InChI=1S/C49H54N12O5/c50-45-43-44(33-9-12-39(13-10-33)65-38-6-2-1-3-7-38)55-61(46(43)53-31-52-45)37-5-4-18-59(30-37)48(64)41-26-51-49(66-41)58-19-16-32(17-20-58)27-56-21-23-57(24-22-56)36-11-8-34-28-60(29-35(34)25-36)40-14-15-42(62)54-47(40)63/h1-3,6-13,25-26,31-32,37,40H,4-5,14-24,27-30H2,(H2,50,52,53)(H,54,62,63)/t37-,40?/m1/s1. The van der Waals surface area contributed by atoms with Crippen molar-refractivity contribution >= 4 is 46.3 Å². The molecule has 0 bridgehead atoms. The number of para-hydroxylation sites is 1. The number of fused-ring (bicyclic) bond motifs is 2. The van der Waals surface area contributed by atoms with Gasteiger partial charge in [-0.1, -0.05) is 24.3 Å². The molecule has 66 heavy (non-hydrogen) atoms. The number of amides is 3. The molecule has 0 aliphatic carbocycles. The molecule has 0 saturated carbocycles. The third-order valence-electron chi connectivity index (χ3n) is 14.1. The predicted octanol–water partition coefficient (Wildman–Crippen LogP) is 5.49. The number of benzene rings is 3. The summed E-state index contributed by atoms with van der Waals surface area (Å²) in [5.74, 6) is 2.12. The highest BCUT2D eigenvalue weighted by molar-refractivity contribution is 6.00. The molecule has 2 atom stereocenters. The van der Waals surface area contributed by atoms with Gasteiger partial charge in [-0.3, -0.25) is 29.5 Å².